The van der Waals surface area contributed by atoms with Crippen LogP contribution in [0.1, 0.15) is 23.6 Å². The first-order valence-electron chi connectivity index (χ1n) is 10.8. The third kappa shape index (κ3) is 4.85. The lowest BCUT2D eigenvalue weighted by atomic mass is 10.0. The summed E-state index contributed by atoms with van der Waals surface area (Å²) < 4.78 is 30.9. The molecule has 1 saturated heterocycles. The van der Waals surface area contributed by atoms with Crippen LogP contribution in [0.15, 0.2) is 83.3 Å². The van der Waals surface area contributed by atoms with Crippen LogP contribution in [0.4, 0.5) is 10.5 Å². The molecule has 1 fully saturated rings. The van der Waals surface area contributed by atoms with Crippen molar-refractivity contribution in [3.05, 3.63) is 95.1 Å². The summed E-state index contributed by atoms with van der Waals surface area (Å²) in [4.78, 5) is 39.3. The van der Waals surface area contributed by atoms with Crippen molar-refractivity contribution in [3.63, 3.8) is 0 Å². The summed E-state index contributed by atoms with van der Waals surface area (Å²) in [6.07, 6.45) is 1.78. The number of nitrogens with zero attached hydrogens (tertiary/aromatic N) is 1. The Morgan fingerprint density at radius 2 is 1.57 bits per heavy atom. The van der Waals surface area contributed by atoms with Gasteiger partial charge in [-0.1, -0.05) is 61.0 Å². The van der Waals surface area contributed by atoms with Crippen molar-refractivity contribution in [1.82, 2.24) is 5.32 Å². The van der Waals surface area contributed by atoms with E-state index in [1.165, 1.54) is 30.3 Å². The molecule has 1 heterocycles. The fraction of sp³-hybridized carbons (Fsp3) is 0.115. The first kappa shape index (κ1) is 23.9. The van der Waals surface area contributed by atoms with Gasteiger partial charge in [-0.15, -0.1) is 0 Å². The molecule has 3 aromatic rings. The highest BCUT2D eigenvalue weighted by Gasteiger charge is 2.37. The van der Waals surface area contributed by atoms with Gasteiger partial charge in [0.2, 0.25) is 0 Å². The SMILES string of the molecule is CCc1ccccc1N1C(=O)NC(=O)/C(=C/c2ccccc2OS(=O)(=O)c2ccc(C)cc2)C1=O. The number of rotatable bonds is 6. The van der Waals surface area contributed by atoms with Crippen molar-refractivity contribution in [2.75, 3.05) is 4.90 Å². The van der Waals surface area contributed by atoms with Crippen LogP contribution in [0.25, 0.3) is 6.08 Å². The first-order valence-corrected chi connectivity index (χ1v) is 12.2. The van der Waals surface area contributed by atoms with E-state index in [0.717, 1.165) is 16.0 Å². The number of barbiturate groups is 1. The van der Waals surface area contributed by atoms with Gasteiger partial charge in [0.1, 0.15) is 16.2 Å². The second-order valence-corrected chi connectivity index (χ2v) is 9.37. The van der Waals surface area contributed by atoms with E-state index in [2.05, 4.69) is 5.32 Å². The predicted octanol–water partition coefficient (Wildman–Crippen LogP) is 3.99. The molecule has 0 unspecified atom stereocenters. The minimum Gasteiger partial charge on any atom is -0.378 e. The zero-order chi connectivity index (χ0) is 25.2. The average molecular weight is 491 g/mol. The van der Waals surface area contributed by atoms with Crippen molar-refractivity contribution in [2.24, 2.45) is 0 Å². The molecule has 35 heavy (non-hydrogen) atoms. The van der Waals surface area contributed by atoms with Gasteiger partial charge in [0, 0.05) is 5.56 Å². The largest absolute Gasteiger partial charge is 0.378 e. The molecule has 0 atom stereocenters. The van der Waals surface area contributed by atoms with E-state index < -0.39 is 28.0 Å². The Kier molecular flexibility index (Phi) is 6.52. The summed E-state index contributed by atoms with van der Waals surface area (Å²) in [6, 6.07) is 18.3. The van der Waals surface area contributed by atoms with Crippen molar-refractivity contribution >= 4 is 39.7 Å². The van der Waals surface area contributed by atoms with Gasteiger partial charge in [0.15, 0.2) is 0 Å². The summed E-state index contributed by atoms with van der Waals surface area (Å²) in [7, 11) is -4.17. The fourth-order valence-electron chi connectivity index (χ4n) is 3.61. The molecule has 9 heteroatoms. The van der Waals surface area contributed by atoms with E-state index in [1.807, 2.05) is 13.8 Å². The fourth-order valence-corrected chi connectivity index (χ4v) is 4.56. The van der Waals surface area contributed by atoms with Crippen molar-refractivity contribution in [2.45, 2.75) is 25.2 Å². The predicted molar refractivity (Wildman–Crippen MR) is 130 cm³/mol. The van der Waals surface area contributed by atoms with Crippen LogP contribution in [0, 0.1) is 6.92 Å². The Morgan fingerprint density at radius 3 is 2.29 bits per heavy atom. The second-order valence-electron chi connectivity index (χ2n) is 7.83. The minimum absolute atomic E-state index is 0.0370. The minimum atomic E-state index is -4.17. The first-order chi connectivity index (χ1) is 16.7. The molecule has 0 radical (unpaired) electrons. The number of hydrogen-bond acceptors (Lipinski definition) is 6. The molecule has 1 N–H and O–H groups in total. The van der Waals surface area contributed by atoms with E-state index >= 15 is 0 Å². The van der Waals surface area contributed by atoms with Crippen LogP contribution in [-0.2, 0) is 26.1 Å². The number of aryl methyl sites for hydroxylation is 2. The van der Waals surface area contributed by atoms with E-state index in [-0.39, 0.29) is 21.8 Å². The molecule has 0 bridgehead atoms. The molecule has 8 nitrogen and oxygen atoms in total. The van der Waals surface area contributed by atoms with Gasteiger partial charge >= 0.3 is 16.1 Å². The van der Waals surface area contributed by atoms with Gasteiger partial charge in [0.25, 0.3) is 11.8 Å². The normalized spacial score (nSPS) is 15.3. The maximum atomic E-state index is 13.3. The van der Waals surface area contributed by atoms with Gasteiger partial charge in [-0.25, -0.2) is 9.69 Å². The van der Waals surface area contributed by atoms with Crippen molar-refractivity contribution in [1.29, 1.82) is 0 Å². The summed E-state index contributed by atoms with van der Waals surface area (Å²) in [6.45, 7) is 3.72. The quantitative estimate of drug-likeness (QED) is 0.318. The number of anilines is 1. The van der Waals surface area contributed by atoms with Gasteiger partial charge in [-0.3, -0.25) is 14.9 Å². The molecule has 178 valence electrons. The Morgan fingerprint density at radius 1 is 0.914 bits per heavy atom. The van der Waals surface area contributed by atoms with Gasteiger partial charge in [-0.05, 0) is 49.2 Å². The Hall–Kier alpha value is -4.24. The summed E-state index contributed by atoms with van der Waals surface area (Å²) in [5, 5.41) is 2.18. The van der Waals surface area contributed by atoms with E-state index in [9.17, 15) is 22.8 Å². The number of hydrogen-bond donors (Lipinski definition) is 1. The number of nitrogens with one attached hydrogen (secondary N) is 1. The molecule has 0 aliphatic carbocycles. The zero-order valence-electron chi connectivity index (χ0n) is 19.0. The lowest BCUT2D eigenvalue weighted by Crippen LogP contribution is -2.54. The number of urea groups is 1. The zero-order valence-corrected chi connectivity index (χ0v) is 19.8. The third-order valence-corrected chi connectivity index (χ3v) is 6.69. The summed E-state index contributed by atoms with van der Waals surface area (Å²) in [5.74, 6) is -1.78. The van der Waals surface area contributed by atoms with E-state index in [4.69, 9.17) is 4.18 Å². The molecule has 3 aromatic carbocycles. The van der Waals surface area contributed by atoms with Crippen LogP contribution in [0.5, 0.6) is 5.75 Å². The number of imide groups is 2. The summed E-state index contributed by atoms with van der Waals surface area (Å²) in [5.41, 5.74) is 1.85. The number of carbonyl (C=O) groups excluding carboxylic acids is 3. The maximum absolute atomic E-state index is 13.3. The Bertz CT molecular complexity index is 1460. The monoisotopic (exact) mass is 490 g/mol. The molecule has 4 rings (SSSR count). The number of benzene rings is 3. The topological polar surface area (TPSA) is 110 Å². The summed E-state index contributed by atoms with van der Waals surface area (Å²) >= 11 is 0. The van der Waals surface area contributed by atoms with Crippen LogP contribution in [0.2, 0.25) is 0 Å². The van der Waals surface area contributed by atoms with Gasteiger partial charge in [0.05, 0.1) is 5.69 Å². The van der Waals surface area contributed by atoms with Crippen LogP contribution in [0.3, 0.4) is 0 Å². The second kappa shape index (κ2) is 9.55. The van der Waals surface area contributed by atoms with Crippen LogP contribution < -0.4 is 14.4 Å². The van der Waals surface area contributed by atoms with Crippen molar-refractivity contribution < 1.29 is 27.0 Å². The smallest absolute Gasteiger partial charge is 0.339 e. The Balaban J connectivity index is 1.72. The van der Waals surface area contributed by atoms with Crippen molar-refractivity contribution in [3.8, 4) is 5.75 Å². The highest BCUT2D eigenvalue weighted by atomic mass is 32.2. The molecule has 0 saturated carbocycles. The molecule has 0 spiro atoms. The van der Waals surface area contributed by atoms with E-state index in [0.29, 0.717) is 12.1 Å². The lowest BCUT2D eigenvalue weighted by Gasteiger charge is -2.28. The molecule has 1 aliphatic heterocycles. The molecular formula is C26H22N2O6S. The standard InChI is InChI=1S/C26H22N2O6S/c1-3-18-8-4-6-10-22(18)28-25(30)21(24(29)27-26(28)31)16-19-9-5-7-11-23(19)34-35(32,33)20-14-12-17(2)13-15-20/h4-16H,3H2,1-2H3,(H,27,29,31)/b21-16-. The third-order valence-electron chi connectivity index (χ3n) is 5.44. The highest BCUT2D eigenvalue weighted by Crippen LogP contribution is 2.29. The molecule has 1 aliphatic rings. The van der Waals surface area contributed by atoms with Gasteiger partial charge < -0.3 is 4.18 Å². The molecular weight excluding hydrogens is 468 g/mol. The Labute approximate surface area is 203 Å². The highest BCUT2D eigenvalue weighted by molar-refractivity contribution is 7.87. The van der Waals surface area contributed by atoms with E-state index in [1.54, 1.807) is 48.5 Å². The number of amides is 4. The van der Waals surface area contributed by atoms with Gasteiger partial charge in [-0.2, -0.15) is 8.42 Å². The average Bonchev–Trinajstić information content (AvgIpc) is 2.83. The molecule has 0 aromatic heterocycles. The lowest BCUT2D eigenvalue weighted by molar-refractivity contribution is -0.122. The number of carbonyl (C=O) groups is 3. The molecule has 4 amide bonds. The maximum Gasteiger partial charge on any atom is 0.339 e. The van der Waals surface area contributed by atoms with Crippen LogP contribution >= 0.6 is 0 Å². The van der Waals surface area contributed by atoms with Crippen LogP contribution in [-0.4, -0.2) is 26.3 Å². The number of para-hydroxylation sites is 2.